The van der Waals surface area contributed by atoms with E-state index in [0.29, 0.717) is 5.95 Å². The maximum atomic E-state index is 4.64. The van der Waals surface area contributed by atoms with Crippen LogP contribution in [0.2, 0.25) is 0 Å². The van der Waals surface area contributed by atoms with Crippen molar-refractivity contribution in [1.82, 2.24) is 15.2 Å². The fourth-order valence-electron chi connectivity index (χ4n) is 2.70. The zero-order valence-electron chi connectivity index (χ0n) is 15.1. The van der Waals surface area contributed by atoms with Crippen molar-refractivity contribution in [1.29, 1.82) is 0 Å². The van der Waals surface area contributed by atoms with Crippen molar-refractivity contribution in [3.8, 4) is 0 Å². The van der Waals surface area contributed by atoms with Crippen LogP contribution in [0.3, 0.4) is 0 Å². The molecule has 2 aromatic carbocycles. The minimum absolute atomic E-state index is 0.492. The Bertz CT molecular complexity index is 875. The number of rotatable bonds is 5. The van der Waals surface area contributed by atoms with Crippen LogP contribution < -0.4 is 10.2 Å². The molecule has 0 bridgehead atoms. The van der Waals surface area contributed by atoms with Gasteiger partial charge in [-0.05, 0) is 68.7 Å². The molecule has 1 N–H and O–H groups in total. The van der Waals surface area contributed by atoms with E-state index in [1.807, 2.05) is 6.07 Å². The van der Waals surface area contributed by atoms with Gasteiger partial charge in [-0.25, -0.2) is 0 Å². The molecule has 3 rings (SSSR count). The lowest BCUT2D eigenvalue weighted by atomic mass is 10.1. The lowest BCUT2D eigenvalue weighted by molar-refractivity contribution is 0.921. The van der Waals surface area contributed by atoms with Crippen molar-refractivity contribution in [3.63, 3.8) is 0 Å². The molecule has 5 nitrogen and oxygen atoms in total. The Morgan fingerprint density at radius 3 is 2.56 bits per heavy atom. The highest BCUT2D eigenvalue weighted by atomic mass is 15.3. The van der Waals surface area contributed by atoms with E-state index in [4.69, 9.17) is 0 Å². The Labute approximate surface area is 148 Å². The van der Waals surface area contributed by atoms with Gasteiger partial charge in [-0.15, -0.1) is 5.10 Å². The van der Waals surface area contributed by atoms with Gasteiger partial charge >= 0.3 is 0 Å². The van der Waals surface area contributed by atoms with Gasteiger partial charge in [0.1, 0.15) is 0 Å². The van der Waals surface area contributed by atoms with Crippen LogP contribution in [0, 0.1) is 20.8 Å². The van der Waals surface area contributed by atoms with E-state index in [2.05, 4.69) is 89.5 Å². The molecule has 0 unspecified atom stereocenters. The van der Waals surface area contributed by atoms with Crippen LogP contribution in [0.5, 0.6) is 0 Å². The van der Waals surface area contributed by atoms with Gasteiger partial charge in [-0.1, -0.05) is 18.2 Å². The first kappa shape index (κ1) is 16.9. The molecular formula is C20H23N5. The van der Waals surface area contributed by atoms with Crippen molar-refractivity contribution in [2.75, 3.05) is 16.8 Å². The van der Waals surface area contributed by atoms with E-state index >= 15 is 0 Å². The van der Waals surface area contributed by atoms with Crippen LogP contribution in [-0.2, 0) is 0 Å². The molecule has 0 aliphatic carbocycles. The number of hydrogen-bond donors (Lipinski definition) is 1. The third-order valence-corrected chi connectivity index (χ3v) is 4.22. The van der Waals surface area contributed by atoms with Gasteiger partial charge in [0.25, 0.3) is 0 Å². The average molecular weight is 333 g/mol. The molecule has 1 aromatic heterocycles. The molecule has 0 saturated carbocycles. The largest absolute Gasteiger partial charge is 0.325 e. The molecule has 0 spiro atoms. The molecule has 25 heavy (non-hydrogen) atoms. The van der Waals surface area contributed by atoms with Crippen molar-refractivity contribution < 1.29 is 0 Å². The average Bonchev–Trinajstić information content (AvgIpc) is 2.59. The predicted molar refractivity (Wildman–Crippen MR) is 103 cm³/mol. The minimum Gasteiger partial charge on any atom is -0.325 e. The number of aromatic nitrogens is 3. The zero-order chi connectivity index (χ0) is 17.8. The van der Waals surface area contributed by atoms with Gasteiger partial charge in [-0.2, -0.15) is 10.1 Å². The van der Waals surface area contributed by atoms with Gasteiger partial charge in [-0.3, -0.25) is 0 Å². The summed E-state index contributed by atoms with van der Waals surface area (Å²) < 4.78 is 0. The Morgan fingerprint density at radius 2 is 1.84 bits per heavy atom. The summed E-state index contributed by atoms with van der Waals surface area (Å²) >= 11 is 0. The summed E-state index contributed by atoms with van der Waals surface area (Å²) in [5, 5.41) is 11.5. The van der Waals surface area contributed by atoms with E-state index < -0.39 is 0 Å². The van der Waals surface area contributed by atoms with E-state index in [1.165, 1.54) is 16.7 Å². The minimum atomic E-state index is 0.492. The fourth-order valence-corrected chi connectivity index (χ4v) is 2.70. The molecule has 5 heteroatoms. The molecule has 0 atom stereocenters. The van der Waals surface area contributed by atoms with Crippen molar-refractivity contribution in [2.45, 2.75) is 27.7 Å². The fraction of sp³-hybridized carbons (Fsp3) is 0.250. The monoisotopic (exact) mass is 333 g/mol. The van der Waals surface area contributed by atoms with Crippen LogP contribution in [0.1, 0.15) is 23.6 Å². The molecule has 0 amide bonds. The Hall–Kier alpha value is -2.95. The Balaban J connectivity index is 1.88. The third-order valence-electron chi connectivity index (χ3n) is 4.22. The Morgan fingerprint density at radius 1 is 1.00 bits per heavy atom. The highest BCUT2D eigenvalue weighted by Crippen LogP contribution is 2.25. The molecule has 0 fully saturated rings. The maximum absolute atomic E-state index is 4.64. The van der Waals surface area contributed by atoms with Crippen molar-refractivity contribution >= 4 is 23.1 Å². The van der Waals surface area contributed by atoms with E-state index in [9.17, 15) is 0 Å². The van der Waals surface area contributed by atoms with Crippen LogP contribution in [-0.4, -0.2) is 21.7 Å². The quantitative estimate of drug-likeness (QED) is 0.733. The van der Waals surface area contributed by atoms with Gasteiger partial charge in [0.2, 0.25) is 5.95 Å². The van der Waals surface area contributed by atoms with Crippen LogP contribution in [0.4, 0.5) is 23.1 Å². The number of nitrogens with one attached hydrogen (secondary N) is 1. The number of anilines is 4. The second-order valence-electron chi connectivity index (χ2n) is 6.15. The van der Waals surface area contributed by atoms with Crippen LogP contribution in [0.15, 0.2) is 48.7 Å². The normalized spacial score (nSPS) is 10.6. The SMILES string of the molecule is CCN(c1cccc(C)c1)c1cnnc(Nc2ccc(C)c(C)c2)n1. The van der Waals surface area contributed by atoms with Gasteiger partial charge in [0, 0.05) is 17.9 Å². The number of nitrogens with zero attached hydrogens (tertiary/aromatic N) is 4. The summed E-state index contributed by atoms with van der Waals surface area (Å²) in [6.45, 7) is 9.17. The first-order valence-corrected chi connectivity index (χ1v) is 8.45. The zero-order valence-corrected chi connectivity index (χ0v) is 15.1. The molecular weight excluding hydrogens is 310 g/mol. The molecule has 0 aliphatic rings. The smallest absolute Gasteiger partial charge is 0.249 e. The first-order valence-electron chi connectivity index (χ1n) is 8.45. The predicted octanol–water partition coefficient (Wildman–Crippen LogP) is 4.70. The topological polar surface area (TPSA) is 53.9 Å². The second kappa shape index (κ2) is 7.30. The summed E-state index contributed by atoms with van der Waals surface area (Å²) in [4.78, 5) is 6.76. The highest BCUT2D eigenvalue weighted by molar-refractivity contribution is 5.62. The molecule has 0 radical (unpaired) electrons. The van der Waals surface area contributed by atoms with E-state index in [0.717, 1.165) is 23.7 Å². The standard InChI is InChI=1S/C20H23N5/c1-5-25(18-8-6-7-14(2)11-18)19-13-21-24-20(23-19)22-17-10-9-15(3)16(4)12-17/h6-13H,5H2,1-4H3,(H,22,23,24). The van der Waals surface area contributed by atoms with E-state index in [1.54, 1.807) is 6.20 Å². The Kier molecular flexibility index (Phi) is 4.93. The molecule has 0 aliphatic heterocycles. The number of hydrogen-bond acceptors (Lipinski definition) is 5. The van der Waals surface area contributed by atoms with E-state index in [-0.39, 0.29) is 0 Å². The van der Waals surface area contributed by atoms with Gasteiger partial charge < -0.3 is 10.2 Å². The molecule has 128 valence electrons. The summed E-state index contributed by atoms with van der Waals surface area (Å²) in [6.07, 6.45) is 1.69. The number of benzene rings is 2. The first-order chi connectivity index (χ1) is 12.1. The molecule has 3 aromatic rings. The van der Waals surface area contributed by atoms with Gasteiger partial charge in [0.15, 0.2) is 5.82 Å². The maximum Gasteiger partial charge on any atom is 0.249 e. The lowest BCUT2D eigenvalue weighted by Crippen LogP contribution is -2.18. The van der Waals surface area contributed by atoms with Crippen LogP contribution in [0.25, 0.3) is 0 Å². The van der Waals surface area contributed by atoms with Crippen molar-refractivity contribution in [3.05, 3.63) is 65.4 Å². The molecule has 1 heterocycles. The summed E-state index contributed by atoms with van der Waals surface area (Å²) in [7, 11) is 0. The second-order valence-corrected chi connectivity index (χ2v) is 6.15. The molecule has 0 saturated heterocycles. The van der Waals surface area contributed by atoms with Gasteiger partial charge in [0.05, 0.1) is 6.20 Å². The summed E-state index contributed by atoms with van der Waals surface area (Å²) in [5.41, 5.74) is 5.76. The van der Waals surface area contributed by atoms with Crippen molar-refractivity contribution in [2.24, 2.45) is 0 Å². The third kappa shape index (κ3) is 3.94. The summed E-state index contributed by atoms with van der Waals surface area (Å²) in [5.74, 6) is 1.27. The summed E-state index contributed by atoms with van der Waals surface area (Å²) in [6, 6.07) is 14.6. The lowest BCUT2D eigenvalue weighted by Gasteiger charge is -2.22. The number of aryl methyl sites for hydroxylation is 3. The van der Waals surface area contributed by atoms with Crippen LogP contribution >= 0.6 is 0 Å². The highest BCUT2D eigenvalue weighted by Gasteiger charge is 2.11.